The lowest BCUT2D eigenvalue weighted by Crippen LogP contribution is -2.39. The minimum atomic E-state index is 0. The van der Waals surface area contributed by atoms with Gasteiger partial charge in [-0.2, -0.15) is 4.98 Å². The van der Waals surface area contributed by atoms with Crippen LogP contribution < -0.4 is 5.32 Å². The Hall–Kier alpha value is -1.57. The summed E-state index contributed by atoms with van der Waals surface area (Å²) in [7, 11) is 1.99. The van der Waals surface area contributed by atoms with E-state index >= 15 is 0 Å². The Morgan fingerprint density at radius 3 is 2.74 bits per heavy atom. The fraction of sp³-hybridized carbons (Fsp3) is 0.526. The summed E-state index contributed by atoms with van der Waals surface area (Å²) in [5.41, 5.74) is 0.766. The molecule has 1 aliphatic rings. The van der Waals surface area contributed by atoms with Gasteiger partial charge < -0.3 is 14.7 Å². The maximum Gasteiger partial charge on any atom is 0.254 e. The molecule has 0 atom stereocenters. The second-order valence-electron chi connectivity index (χ2n) is 6.65. The molecule has 0 saturated carbocycles. The molecule has 1 aromatic carbocycles. The molecule has 0 radical (unpaired) electrons. The number of thioether (sulfide) groups is 1. The smallest absolute Gasteiger partial charge is 0.254 e. The van der Waals surface area contributed by atoms with E-state index in [9.17, 15) is 4.79 Å². The van der Waals surface area contributed by atoms with E-state index in [1.807, 2.05) is 36.2 Å². The maximum absolute atomic E-state index is 13.0. The third-order valence-electron chi connectivity index (χ3n) is 4.74. The number of nitrogens with zero attached hydrogens (tertiary/aromatic N) is 3. The van der Waals surface area contributed by atoms with Gasteiger partial charge in [-0.25, -0.2) is 0 Å². The third-order valence-corrected chi connectivity index (χ3v) is 5.80. The zero-order valence-corrected chi connectivity index (χ0v) is 17.4. The van der Waals surface area contributed by atoms with Crippen LogP contribution >= 0.6 is 24.2 Å². The Bertz CT molecular complexity index is 732. The molecule has 0 aliphatic carbocycles. The summed E-state index contributed by atoms with van der Waals surface area (Å²) in [5.74, 6) is 2.63. The van der Waals surface area contributed by atoms with E-state index in [1.165, 1.54) is 6.42 Å². The first-order valence-corrected chi connectivity index (χ1v) is 10.1. The van der Waals surface area contributed by atoms with Crippen LogP contribution in [0.4, 0.5) is 0 Å². The largest absolute Gasteiger partial charge is 0.339 e. The van der Waals surface area contributed by atoms with Crippen LogP contribution in [0.15, 0.2) is 33.7 Å². The molecule has 1 aromatic heterocycles. The lowest BCUT2D eigenvalue weighted by Gasteiger charge is -2.32. The van der Waals surface area contributed by atoms with E-state index in [-0.39, 0.29) is 18.3 Å². The number of carbonyl (C=O) groups excluding carboxylic acids is 1. The first kappa shape index (κ1) is 21.7. The summed E-state index contributed by atoms with van der Waals surface area (Å²) < 4.78 is 5.16. The van der Waals surface area contributed by atoms with Crippen LogP contribution in [0.2, 0.25) is 0 Å². The van der Waals surface area contributed by atoms with Crippen molar-refractivity contribution in [1.29, 1.82) is 0 Å². The van der Waals surface area contributed by atoms with Gasteiger partial charge in [-0.15, -0.1) is 24.2 Å². The highest BCUT2D eigenvalue weighted by atomic mass is 35.5. The molecule has 3 rings (SSSR count). The molecule has 2 aromatic rings. The maximum atomic E-state index is 13.0. The van der Waals surface area contributed by atoms with Gasteiger partial charge in [0, 0.05) is 18.0 Å². The fourth-order valence-corrected chi connectivity index (χ4v) is 4.13. The molecule has 1 aliphatic heterocycles. The molecule has 2 heterocycles. The van der Waals surface area contributed by atoms with Gasteiger partial charge in [0.2, 0.25) is 5.89 Å². The van der Waals surface area contributed by atoms with E-state index in [0.717, 1.165) is 48.9 Å². The Labute approximate surface area is 170 Å². The van der Waals surface area contributed by atoms with Gasteiger partial charge in [0.25, 0.3) is 5.91 Å². The van der Waals surface area contributed by atoms with Crippen molar-refractivity contribution in [3.63, 3.8) is 0 Å². The Kier molecular flexibility index (Phi) is 8.60. The SMILES string of the molecule is CNCCC1CCN(C(=O)c2ccccc2SCc2nc(C)no2)CC1.Cl. The second-order valence-corrected chi connectivity index (χ2v) is 7.67. The quantitative estimate of drug-likeness (QED) is 0.704. The van der Waals surface area contributed by atoms with Crippen molar-refractivity contribution in [3.8, 4) is 0 Å². The molecule has 8 heteroatoms. The molecule has 148 valence electrons. The lowest BCUT2D eigenvalue weighted by atomic mass is 9.93. The molecule has 0 spiro atoms. The van der Waals surface area contributed by atoms with Crippen molar-refractivity contribution in [3.05, 3.63) is 41.5 Å². The fourth-order valence-electron chi connectivity index (χ4n) is 3.25. The molecule has 1 saturated heterocycles. The molecule has 0 unspecified atom stereocenters. The number of benzene rings is 1. The van der Waals surface area contributed by atoms with Crippen molar-refractivity contribution in [2.24, 2.45) is 5.92 Å². The minimum Gasteiger partial charge on any atom is -0.339 e. The number of piperidine rings is 1. The van der Waals surface area contributed by atoms with Crippen molar-refractivity contribution < 1.29 is 9.32 Å². The lowest BCUT2D eigenvalue weighted by molar-refractivity contribution is 0.0683. The van der Waals surface area contributed by atoms with Crippen molar-refractivity contribution in [2.75, 3.05) is 26.7 Å². The summed E-state index contributed by atoms with van der Waals surface area (Å²) in [6, 6.07) is 7.79. The number of carbonyl (C=O) groups is 1. The molecular weight excluding hydrogens is 384 g/mol. The number of nitrogens with one attached hydrogen (secondary N) is 1. The van der Waals surface area contributed by atoms with E-state index in [2.05, 4.69) is 15.5 Å². The molecule has 1 N–H and O–H groups in total. The first-order chi connectivity index (χ1) is 12.7. The predicted octanol–water partition coefficient (Wildman–Crippen LogP) is 3.55. The molecule has 1 amide bonds. The summed E-state index contributed by atoms with van der Waals surface area (Å²) in [6.07, 6.45) is 3.36. The van der Waals surface area contributed by atoms with E-state index in [1.54, 1.807) is 18.7 Å². The highest BCUT2D eigenvalue weighted by Crippen LogP contribution is 2.28. The van der Waals surface area contributed by atoms with Crippen molar-refractivity contribution in [1.82, 2.24) is 20.4 Å². The minimum absolute atomic E-state index is 0. The Morgan fingerprint density at radius 1 is 1.33 bits per heavy atom. The summed E-state index contributed by atoms with van der Waals surface area (Å²) >= 11 is 1.57. The number of halogens is 1. The van der Waals surface area contributed by atoms with E-state index in [0.29, 0.717) is 17.5 Å². The van der Waals surface area contributed by atoms with Gasteiger partial charge in [-0.3, -0.25) is 4.79 Å². The zero-order chi connectivity index (χ0) is 18.4. The van der Waals surface area contributed by atoms with Gasteiger partial charge in [-0.05, 0) is 57.8 Å². The highest BCUT2D eigenvalue weighted by molar-refractivity contribution is 7.98. The number of amides is 1. The van der Waals surface area contributed by atoms with Crippen LogP contribution in [0.25, 0.3) is 0 Å². The van der Waals surface area contributed by atoms with Crippen LogP contribution in [0.1, 0.15) is 41.3 Å². The van der Waals surface area contributed by atoms with Crippen LogP contribution in [-0.4, -0.2) is 47.6 Å². The molecule has 0 bridgehead atoms. The van der Waals surface area contributed by atoms with Crippen LogP contribution in [0, 0.1) is 12.8 Å². The number of hydrogen-bond donors (Lipinski definition) is 1. The zero-order valence-electron chi connectivity index (χ0n) is 15.8. The summed E-state index contributed by atoms with van der Waals surface area (Å²) in [4.78, 5) is 20.2. The average molecular weight is 411 g/mol. The molecular formula is C19H27ClN4O2S. The van der Waals surface area contributed by atoms with Crippen LogP contribution in [0.5, 0.6) is 0 Å². The van der Waals surface area contributed by atoms with Gasteiger partial charge in [0.05, 0.1) is 11.3 Å². The highest BCUT2D eigenvalue weighted by Gasteiger charge is 2.24. The Balaban J connectivity index is 0.00000261. The summed E-state index contributed by atoms with van der Waals surface area (Å²) in [6.45, 7) is 4.53. The van der Waals surface area contributed by atoms with E-state index in [4.69, 9.17) is 4.52 Å². The number of rotatable bonds is 7. The normalized spacial score (nSPS) is 14.8. The Morgan fingerprint density at radius 2 is 2.07 bits per heavy atom. The number of likely N-dealkylation sites (tertiary alicyclic amines) is 1. The average Bonchev–Trinajstić information content (AvgIpc) is 3.10. The van der Waals surface area contributed by atoms with Crippen molar-refractivity contribution in [2.45, 2.75) is 36.8 Å². The van der Waals surface area contributed by atoms with Crippen LogP contribution in [0.3, 0.4) is 0 Å². The van der Waals surface area contributed by atoms with Gasteiger partial charge in [0.15, 0.2) is 5.82 Å². The third kappa shape index (κ3) is 5.96. The van der Waals surface area contributed by atoms with Gasteiger partial charge >= 0.3 is 0 Å². The summed E-state index contributed by atoms with van der Waals surface area (Å²) in [5, 5.41) is 7.02. The second kappa shape index (κ2) is 10.7. The van der Waals surface area contributed by atoms with Crippen LogP contribution in [-0.2, 0) is 5.75 Å². The number of aromatic nitrogens is 2. The molecule has 27 heavy (non-hydrogen) atoms. The monoisotopic (exact) mass is 410 g/mol. The standard InChI is InChI=1S/C19H26N4O2S.ClH/c1-14-21-18(25-22-14)13-26-17-6-4-3-5-16(17)19(24)23-11-8-15(9-12-23)7-10-20-2;/h3-6,15,20H,7-13H2,1-2H3;1H. The van der Waals surface area contributed by atoms with Gasteiger partial charge in [-0.1, -0.05) is 17.3 Å². The molecule has 6 nitrogen and oxygen atoms in total. The first-order valence-electron chi connectivity index (χ1n) is 9.12. The van der Waals surface area contributed by atoms with Gasteiger partial charge in [0.1, 0.15) is 0 Å². The predicted molar refractivity (Wildman–Crippen MR) is 109 cm³/mol. The topological polar surface area (TPSA) is 71.3 Å². The number of hydrogen-bond acceptors (Lipinski definition) is 6. The van der Waals surface area contributed by atoms with E-state index < -0.39 is 0 Å². The molecule has 1 fully saturated rings. The number of aryl methyl sites for hydroxylation is 1. The van der Waals surface area contributed by atoms with Crippen molar-refractivity contribution >= 4 is 30.1 Å².